The average Bonchev–Trinajstić information content (AvgIpc) is 3.74. The second-order valence-corrected chi connectivity index (χ2v) is 15.5. The van der Waals surface area contributed by atoms with E-state index in [-0.39, 0.29) is 0 Å². The van der Waals surface area contributed by atoms with Gasteiger partial charge in [-0.2, -0.15) is 18.4 Å². The number of para-hydroxylation sites is 2. The van der Waals surface area contributed by atoms with Crippen LogP contribution in [0.4, 0.5) is 13.2 Å². The van der Waals surface area contributed by atoms with Crippen molar-refractivity contribution in [1.82, 2.24) is 9.13 Å². The maximum Gasteiger partial charge on any atom is 0.416 e. The van der Waals surface area contributed by atoms with Crippen molar-refractivity contribution in [3.05, 3.63) is 192 Å². The summed E-state index contributed by atoms with van der Waals surface area (Å²) in [6.07, 6.45) is -4.58. The standard InChI is InChI=1S/C53H36F3N3/c1-32-10-8-12-36(22-32)38-18-20-44-42-14-4-6-16-46(42)58(48(44)29-38)50-26-35(31-57)27-51(52(50)40-24-34(3)25-41(28-40)53(54,55)56)59-47-17-7-5-15-43(47)45-21-19-39(30-49(45)59)37-13-9-11-33(2)23-37/h4-30H,1-3H3. The van der Waals surface area contributed by atoms with Gasteiger partial charge in [-0.3, -0.25) is 0 Å². The van der Waals surface area contributed by atoms with Gasteiger partial charge in [0.2, 0.25) is 0 Å². The number of nitriles is 1. The summed E-state index contributed by atoms with van der Waals surface area (Å²) in [6, 6.07) is 56.0. The molecule has 2 heterocycles. The summed E-state index contributed by atoms with van der Waals surface area (Å²) in [5.74, 6) is 0. The van der Waals surface area contributed by atoms with Crippen LogP contribution in [0.5, 0.6) is 0 Å². The summed E-state index contributed by atoms with van der Waals surface area (Å²) < 4.78 is 48.6. The van der Waals surface area contributed by atoms with Gasteiger partial charge in [0.25, 0.3) is 0 Å². The zero-order valence-corrected chi connectivity index (χ0v) is 32.6. The van der Waals surface area contributed by atoms with Crippen molar-refractivity contribution in [3.8, 4) is 50.8 Å². The quantitative estimate of drug-likeness (QED) is 0.172. The zero-order chi connectivity index (χ0) is 40.6. The van der Waals surface area contributed by atoms with Crippen LogP contribution in [0.25, 0.3) is 88.4 Å². The van der Waals surface area contributed by atoms with Gasteiger partial charge < -0.3 is 9.13 Å². The Morgan fingerprint density at radius 3 is 1.36 bits per heavy atom. The van der Waals surface area contributed by atoms with Gasteiger partial charge in [0.15, 0.2) is 0 Å². The van der Waals surface area contributed by atoms with E-state index in [1.165, 1.54) is 12.1 Å². The van der Waals surface area contributed by atoms with E-state index in [0.717, 1.165) is 77.0 Å². The fourth-order valence-corrected chi connectivity index (χ4v) is 8.88. The van der Waals surface area contributed by atoms with Crippen LogP contribution >= 0.6 is 0 Å². The van der Waals surface area contributed by atoms with Gasteiger partial charge in [-0.15, -0.1) is 0 Å². The molecule has 0 saturated carbocycles. The maximum atomic E-state index is 14.8. The van der Waals surface area contributed by atoms with E-state index in [4.69, 9.17) is 0 Å². The molecular weight excluding hydrogens is 736 g/mol. The van der Waals surface area contributed by atoms with Crippen molar-refractivity contribution in [1.29, 1.82) is 5.26 Å². The van der Waals surface area contributed by atoms with Crippen LogP contribution < -0.4 is 0 Å². The fourth-order valence-electron chi connectivity index (χ4n) is 8.88. The van der Waals surface area contributed by atoms with E-state index in [1.807, 2.05) is 66.7 Å². The van der Waals surface area contributed by atoms with Crippen LogP contribution in [-0.2, 0) is 6.18 Å². The molecule has 10 rings (SSSR count). The average molecular weight is 772 g/mol. The monoisotopic (exact) mass is 771 g/mol. The number of aromatic nitrogens is 2. The minimum absolute atomic E-state index is 0.379. The highest BCUT2D eigenvalue weighted by atomic mass is 19.4. The predicted octanol–water partition coefficient (Wildman–Crippen LogP) is 14.7. The third-order valence-corrected chi connectivity index (χ3v) is 11.5. The first-order valence-corrected chi connectivity index (χ1v) is 19.5. The highest BCUT2D eigenvalue weighted by Crippen LogP contribution is 2.45. The lowest BCUT2D eigenvalue weighted by Gasteiger charge is -2.22. The smallest absolute Gasteiger partial charge is 0.308 e. The summed E-state index contributed by atoms with van der Waals surface area (Å²) in [6.45, 7) is 5.83. The Bertz CT molecular complexity index is 3190. The van der Waals surface area contributed by atoms with Gasteiger partial charge in [0.05, 0.1) is 50.6 Å². The van der Waals surface area contributed by atoms with Crippen molar-refractivity contribution in [3.63, 3.8) is 0 Å². The van der Waals surface area contributed by atoms with Crippen LogP contribution in [-0.4, -0.2) is 9.13 Å². The number of hydrogen-bond acceptors (Lipinski definition) is 1. The number of nitrogens with zero attached hydrogens (tertiary/aromatic N) is 3. The molecule has 2 aromatic heterocycles. The van der Waals surface area contributed by atoms with Crippen LogP contribution in [0.1, 0.15) is 27.8 Å². The molecule has 6 heteroatoms. The van der Waals surface area contributed by atoms with Gasteiger partial charge in [0.1, 0.15) is 0 Å². The Morgan fingerprint density at radius 1 is 0.424 bits per heavy atom. The molecule has 0 N–H and O–H groups in total. The second-order valence-electron chi connectivity index (χ2n) is 15.5. The Labute approximate surface area is 339 Å². The molecule has 0 aliphatic rings. The van der Waals surface area contributed by atoms with Crippen molar-refractivity contribution in [2.75, 3.05) is 0 Å². The lowest BCUT2D eigenvalue weighted by molar-refractivity contribution is -0.137. The number of hydrogen-bond donors (Lipinski definition) is 0. The van der Waals surface area contributed by atoms with Crippen molar-refractivity contribution >= 4 is 43.6 Å². The summed E-state index contributed by atoms with van der Waals surface area (Å²) in [5.41, 5.74) is 12.2. The second kappa shape index (κ2) is 13.6. The molecule has 0 atom stereocenters. The van der Waals surface area contributed by atoms with Crippen molar-refractivity contribution < 1.29 is 13.2 Å². The molecule has 0 fully saturated rings. The van der Waals surface area contributed by atoms with Gasteiger partial charge in [-0.25, -0.2) is 0 Å². The van der Waals surface area contributed by atoms with Gasteiger partial charge in [-0.05, 0) is 103 Å². The normalized spacial score (nSPS) is 11.9. The minimum atomic E-state index is -4.58. The number of benzene rings is 8. The minimum Gasteiger partial charge on any atom is -0.308 e. The highest BCUT2D eigenvalue weighted by molar-refractivity contribution is 6.13. The molecule has 0 saturated heterocycles. The molecule has 0 spiro atoms. The molecule has 284 valence electrons. The molecule has 0 amide bonds. The van der Waals surface area contributed by atoms with E-state index >= 15 is 0 Å². The number of rotatable bonds is 5. The number of fused-ring (bicyclic) bond motifs is 6. The lowest BCUT2D eigenvalue weighted by atomic mass is 9.94. The summed E-state index contributed by atoms with van der Waals surface area (Å²) >= 11 is 0. The number of alkyl halides is 3. The van der Waals surface area contributed by atoms with Crippen LogP contribution in [0, 0.1) is 32.1 Å². The molecule has 0 radical (unpaired) electrons. The van der Waals surface area contributed by atoms with E-state index in [2.05, 4.69) is 114 Å². The van der Waals surface area contributed by atoms with Gasteiger partial charge >= 0.3 is 6.18 Å². The first-order chi connectivity index (χ1) is 28.6. The molecule has 0 aliphatic carbocycles. The van der Waals surface area contributed by atoms with E-state index in [9.17, 15) is 18.4 Å². The molecule has 0 bridgehead atoms. The predicted molar refractivity (Wildman–Crippen MR) is 235 cm³/mol. The summed E-state index contributed by atoms with van der Waals surface area (Å²) in [4.78, 5) is 0. The summed E-state index contributed by atoms with van der Waals surface area (Å²) in [7, 11) is 0. The van der Waals surface area contributed by atoms with E-state index in [0.29, 0.717) is 33.6 Å². The maximum absolute atomic E-state index is 14.8. The van der Waals surface area contributed by atoms with Crippen LogP contribution in [0.15, 0.2) is 164 Å². The Kier molecular flexibility index (Phi) is 8.33. The first kappa shape index (κ1) is 36.0. The van der Waals surface area contributed by atoms with Gasteiger partial charge in [0, 0.05) is 27.1 Å². The summed E-state index contributed by atoms with van der Waals surface area (Å²) in [5, 5.41) is 14.8. The van der Waals surface area contributed by atoms with Crippen molar-refractivity contribution in [2.45, 2.75) is 26.9 Å². The first-order valence-electron chi connectivity index (χ1n) is 19.5. The molecule has 59 heavy (non-hydrogen) atoms. The topological polar surface area (TPSA) is 33.6 Å². The SMILES string of the molecule is Cc1cccc(-c2ccc3c4ccccc4n(-c4cc(C#N)cc(-n5c6ccccc6c6ccc(-c7cccc(C)c7)cc65)c4-c4cc(C)cc(C(F)(F)F)c4)c3c2)c1. The van der Waals surface area contributed by atoms with Gasteiger partial charge in [-0.1, -0.05) is 126 Å². The van der Waals surface area contributed by atoms with Crippen LogP contribution in [0.2, 0.25) is 0 Å². The molecule has 8 aromatic carbocycles. The Hall–Kier alpha value is -7.36. The van der Waals surface area contributed by atoms with E-state index in [1.54, 1.807) is 6.92 Å². The molecule has 0 aliphatic heterocycles. The molecular formula is C53H36F3N3. The van der Waals surface area contributed by atoms with Crippen LogP contribution in [0.3, 0.4) is 0 Å². The molecule has 3 nitrogen and oxygen atoms in total. The third kappa shape index (κ3) is 6.06. The Balaban J connectivity index is 1.39. The molecule has 10 aromatic rings. The molecule has 0 unspecified atom stereocenters. The van der Waals surface area contributed by atoms with Crippen molar-refractivity contribution in [2.24, 2.45) is 0 Å². The van der Waals surface area contributed by atoms with E-state index < -0.39 is 11.7 Å². The number of aryl methyl sites for hydroxylation is 3. The fraction of sp³-hybridized carbons (Fsp3) is 0.0755. The number of halogens is 3. The lowest BCUT2D eigenvalue weighted by Crippen LogP contribution is -2.08. The third-order valence-electron chi connectivity index (χ3n) is 11.5. The zero-order valence-electron chi connectivity index (χ0n) is 32.6. The highest BCUT2D eigenvalue weighted by Gasteiger charge is 2.32. The Morgan fingerprint density at radius 2 is 0.881 bits per heavy atom. The largest absolute Gasteiger partial charge is 0.416 e.